The van der Waals surface area contributed by atoms with Gasteiger partial charge in [-0.05, 0) is 49.2 Å². The van der Waals surface area contributed by atoms with Gasteiger partial charge in [-0.25, -0.2) is 0 Å². The highest BCUT2D eigenvalue weighted by Crippen LogP contribution is 2.29. The monoisotopic (exact) mass is 305 g/mol. The average Bonchev–Trinajstić information content (AvgIpc) is 2.55. The summed E-state index contributed by atoms with van der Waals surface area (Å²) in [7, 11) is 0. The van der Waals surface area contributed by atoms with Crippen molar-refractivity contribution in [3.8, 4) is 5.75 Å². The van der Waals surface area contributed by atoms with Crippen molar-refractivity contribution in [3.05, 3.63) is 71.3 Å². The Labute approximate surface area is 138 Å². The quantitative estimate of drug-likeness (QED) is 0.675. The van der Waals surface area contributed by atoms with Crippen molar-refractivity contribution in [2.24, 2.45) is 0 Å². The Hall–Kier alpha value is -2.48. The van der Waals surface area contributed by atoms with Crippen molar-refractivity contribution < 1.29 is 4.74 Å². The Kier molecular flexibility index (Phi) is 4.52. The van der Waals surface area contributed by atoms with Crippen LogP contribution < -0.4 is 10.1 Å². The highest BCUT2D eigenvalue weighted by molar-refractivity contribution is 5.88. The van der Waals surface area contributed by atoms with E-state index in [1.165, 1.54) is 33.2 Å². The van der Waals surface area contributed by atoms with Crippen molar-refractivity contribution in [1.29, 1.82) is 0 Å². The van der Waals surface area contributed by atoms with Crippen molar-refractivity contribution in [1.82, 2.24) is 0 Å². The van der Waals surface area contributed by atoms with E-state index in [9.17, 15) is 0 Å². The lowest BCUT2D eigenvalue weighted by atomic mass is 10.0. The van der Waals surface area contributed by atoms with Gasteiger partial charge in [0.2, 0.25) is 0 Å². The molecule has 0 aliphatic carbocycles. The topological polar surface area (TPSA) is 21.3 Å². The van der Waals surface area contributed by atoms with Gasteiger partial charge in [0.25, 0.3) is 0 Å². The van der Waals surface area contributed by atoms with E-state index in [-0.39, 0.29) is 0 Å². The van der Waals surface area contributed by atoms with E-state index in [1.54, 1.807) is 0 Å². The van der Waals surface area contributed by atoms with Crippen molar-refractivity contribution in [2.45, 2.75) is 27.3 Å². The third-order valence-electron chi connectivity index (χ3n) is 4.13. The van der Waals surface area contributed by atoms with Crippen LogP contribution in [0, 0.1) is 13.8 Å². The maximum atomic E-state index is 5.84. The number of hydrogen-bond acceptors (Lipinski definition) is 2. The van der Waals surface area contributed by atoms with E-state index in [4.69, 9.17) is 4.74 Å². The number of benzene rings is 3. The molecule has 0 saturated carbocycles. The van der Waals surface area contributed by atoms with E-state index in [0.29, 0.717) is 6.61 Å². The van der Waals surface area contributed by atoms with Crippen LogP contribution in [-0.4, -0.2) is 6.61 Å². The fourth-order valence-corrected chi connectivity index (χ4v) is 2.98. The second-order valence-corrected chi connectivity index (χ2v) is 5.87. The molecule has 3 rings (SSSR count). The van der Waals surface area contributed by atoms with E-state index < -0.39 is 0 Å². The number of rotatable bonds is 5. The van der Waals surface area contributed by atoms with Gasteiger partial charge in [0.15, 0.2) is 0 Å². The summed E-state index contributed by atoms with van der Waals surface area (Å²) in [5.74, 6) is 0.962. The molecule has 0 atom stereocenters. The van der Waals surface area contributed by atoms with Gasteiger partial charge >= 0.3 is 0 Å². The Morgan fingerprint density at radius 1 is 0.957 bits per heavy atom. The SMILES string of the molecule is CCOc1ccc2ccccc2c1CNc1ccc(C)cc1C. The first-order chi connectivity index (χ1) is 11.2. The predicted octanol–water partition coefficient (Wildman–Crippen LogP) is 5.47. The molecule has 2 nitrogen and oxygen atoms in total. The van der Waals surface area contributed by atoms with Gasteiger partial charge in [-0.15, -0.1) is 0 Å². The molecule has 0 heterocycles. The smallest absolute Gasteiger partial charge is 0.124 e. The average molecular weight is 305 g/mol. The van der Waals surface area contributed by atoms with Crippen molar-refractivity contribution in [3.63, 3.8) is 0 Å². The molecule has 3 aromatic rings. The molecule has 0 radical (unpaired) electrons. The highest BCUT2D eigenvalue weighted by Gasteiger charge is 2.09. The Balaban J connectivity index is 1.95. The van der Waals surface area contributed by atoms with Crippen LogP contribution >= 0.6 is 0 Å². The molecular formula is C21H23NO. The lowest BCUT2D eigenvalue weighted by molar-refractivity contribution is 0.337. The standard InChI is InChI=1S/C21H23NO/c1-4-23-21-12-10-17-7-5-6-8-18(17)19(21)14-22-20-11-9-15(2)13-16(20)3/h5-13,22H,4,14H2,1-3H3. The number of fused-ring (bicyclic) bond motifs is 1. The van der Waals surface area contributed by atoms with Crippen LogP contribution in [0.1, 0.15) is 23.6 Å². The normalized spacial score (nSPS) is 10.7. The molecule has 1 N–H and O–H groups in total. The number of aryl methyl sites for hydroxylation is 2. The number of hydrogen-bond donors (Lipinski definition) is 1. The van der Waals surface area contributed by atoms with Gasteiger partial charge in [-0.1, -0.05) is 48.0 Å². The zero-order valence-electron chi connectivity index (χ0n) is 14.0. The second kappa shape index (κ2) is 6.74. The fourth-order valence-electron chi connectivity index (χ4n) is 2.98. The van der Waals surface area contributed by atoms with E-state index >= 15 is 0 Å². The van der Waals surface area contributed by atoms with E-state index in [1.807, 2.05) is 6.92 Å². The minimum atomic E-state index is 0.675. The summed E-state index contributed by atoms with van der Waals surface area (Å²) in [5, 5.41) is 6.06. The summed E-state index contributed by atoms with van der Waals surface area (Å²) < 4.78 is 5.84. The molecule has 23 heavy (non-hydrogen) atoms. The molecule has 2 heteroatoms. The first kappa shape index (κ1) is 15.4. The Bertz CT molecular complexity index is 823. The van der Waals surface area contributed by atoms with E-state index in [0.717, 1.165) is 12.3 Å². The molecule has 0 aliphatic rings. The summed E-state index contributed by atoms with van der Waals surface area (Å²) >= 11 is 0. The summed E-state index contributed by atoms with van der Waals surface area (Å²) in [6.07, 6.45) is 0. The largest absolute Gasteiger partial charge is 0.494 e. The van der Waals surface area contributed by atoms with Crippen LogP contribution in [0.15, 0.2) is 54.6 Å². The van der Waals surface area contributed by atoms with Crippen LogP contribution in [0.4, 0.5) is 5.69 Å². The molecule has 118 valence electrons. The molecule has 0 fully saturated rings. The second-order valence-electron chi connectivity index (χ2n) is 5.87. The minimum Gasteiger partial charge on any atom is -0.494 e. The van der Waals surface area contributed by atoms with Gasteiger partial charge < -0.3 is 10.1 Å². The summed E-state index contributed by atoms with van der Waals surface area (Å²) in [5.41, 5.74) is 4.94. The third-order valence-corrected chi connectivity index (χ3v) is 4.13. The number of anilines is 1. The Morgan fingerprint density at radius 3 is 2.57 bits per heavy atom. The summed E-state index contributed by atoms with van der Waals surface area (Å²) in [6.45, 7) is 7.71. The zero-order valence-corrected chi connectivity index (χ0v) is 14.0. The summed E-state index contributed by atoms with van der Waals surface area (Å²) in [6, 6.07) is 19.2. The van der Waals surface area contributed by atoms with Crippen LogP contribution in [-0.2, 0) is 6.54 Å². The van der Waals surface area contributed by atoms with Crippen LogP contribution in [0.5, 0.6) is 5.75 Å². The zero-order chi connectivity index (χ0) is 16.2. The number of ether oxygens (including phenoxy) is 1. The molecule has 3 aromatic carbocycles. The third kappa shape index (κ3) is 3.31. The van der Waals surface area contributed by atoms with Crippen molar-refractivity contribution >= 4 is 16.5 Å². The van der Waals surface area contributed by atoms with Crippen molar-refractivity contribution in [2.75, 3.05) is 11.9 Å². The summed E-state index contributed by atoms with van der Waals surface area (Å²) in [4.78, 5) is 0. The molecule has 0 aliphatic heterocycles. The fraction of sp³-hybridized carbons (Fsp3) is 0.238. The lowest BCUT2D eigenvalue weighted by Crippen LogP contribution is -2.05. The van der Waals surface area contributed by atoms with Crippen LogP contribution in [0.3, 0.4) is 0 Å². The van der Waals surface area contributed by atoms with Gasteiger partial charge in [0, 0.05) is 17.8 Å². The molecule has 0 unspecified atom stereocenters. The van der Waals surface area contributed by atoms with Crippen LogP contribution in [0.25, 0.3) is 10.8 Å². The molecule has 0 saturated heterocycles. The molecule has 0 spiro atoms. The first-order valence-electron chi connectivity index (χ1n) is 8.13. The maximum Gasteiger partial charge on any atom is 0.124 e. The molecular weight excluding hydrogens is 282 g/mol. The predicted molar refractivity (Wildman–Crippen MR) is 98.4 cm³/mol. The Morgan fingerprint density at radius 2 is 1.78 bits per heavy atom. The van der Waals surface area contributed by atoms with Gasteiger partial charge in [-0.3, -0.25) is 0 Å². The number of nitrogens with one attached hydrogen (secondary N) is 1. The van der Waals surface area contributed by atoms with Gasteiger partial charge in [-0.2, -0.15) is 0 Å². The lowest BCUT2D eigenvalue weighted by Gasteiger charge is -2.16. The molecule has 0 bridgehead atoms. The molecule has 0 amide bonds. The highest BCUT2D eigenvalue weighted by atomic mass is 16.5. The van der Waals surface area contributed by atoms with Gasteiger partial charge in [0.1, 0.15) is 5.75 Å². The first-order valence-corrected chi connectivity index (χ1v) is 8.13. The van der Waals surface area contributed by atoms with Crippen LogP contribution in [0.2, 0.25) is 0 Å². The minimum absolute atomic E-state index is 0.675. The molecule has 0 aromatic heterocycles. The maximum absolute atomic E-state index is 5.84. The van der Waals surface area contributed by atoms with Gasteiger partial charge in [0.05, 0.1) is 6.61 Å². The van der Waals surface area contributed by atoms with E-state index in [2.05, 4.69) is 73.8 Å².